The highest BCUT2D eigenvalue weighted by Crippen LogP contribution is 2.16. The molecular weight excluding hydrogens is 271 g/mol. The van der Waals surface area contributed by atoms with E-state index in [2.05, 4.69) is 16.7 Å². The fraction of sp³-hybridized carbons (Fsp3) is 0.231. The zero-order chi connectivity index (χ0) is 15.4. The summed E-state index contributed by atoms with van der Waals surface area (Å²) < 4.78 is 37.5. The molecule has 2 N–H and O–H groups in total. The lowest BCUT2D eigenvalue weighted by Gasteiger charge is -2.07. The van der Waals surface area contributed by atoms with Crippen molar-refractivity contribution in [2.75, 3.05) is 0 Å². The Kier molecular flexibility index (Phi) is 8.49. The van der Waals surface area contributed by atoms with Gasteiger partial charge in [0.1, 0.15) is 5.76 Å². The van der Waals surface area contributed by atoms with Crippen LogP contribution in [0.15, 0.2) is 59.0 Å². The lowest BCUT2D eigenvalue weighted by molar-refractivity contribution is -0.0617. The highest BCUT2D eigenvalue weighted by molar-refractivity contribution is 5.88. The molecule has 0 aliphatic heterocycles. The van der Waals surface area contributed by atoms with Crippen molar-refractivity contribution in [2.24, 2.45) is 10.1 Å². The second kappa shape index (κ2) is 9.60. The molecular formula is C13H16F3N3O. The molecule has 0 aromatic rings. The Bertz CT molecular complexity index is 446. The number of aliphatic hydroxyl groups is 1. The normalized spacial score (nSPS) is 14.6. The van der Waals surface area contributed by atoms with Crippen LogP contribution in [0.1, 0.15) is 13.3 Å². The average Bonchev–Trinajstić information content (AvgIpc) is 2.38. The number of hydrazone groups is 1. The van der Waals surface area contributed by atoms with E-state index in [-0.39, 0.29) is 5.76 Å². The molecule has 20 heavy (non-hydrogen) atoms. The number of alkyl halides is 3. The van der Waals surface area contributed by atoms with E-state index in [1.807, 2.05) is 0 Å². The monoisotopic (exact) mass is 287 g/mol. The van der Waals surface area contributed by atoms with Crippen molar-refractivity contribution in [1.82, 2.24) is 5.43 Å². The van der Waals surface area contributed by atoms with Crippen LogP contribution in [0.4, 0.5) is 13.2 Å². The van der Waals surface area contributed by atoms with Crippen LogP contribution in [0.3, 0.4) is 0 Å². The first-order chi connectivity index (χ1) is 9.41. The van der Waals surface area contributed by atoms with Gasteiger partial charge in [0, 0.05) is 12.4 Å². The van der Waals surface area contributed by atoms with Gasteiger partial charge in [-0.3, -0.25) is 5.43 Å². The molecule has 0 saturated heterocycles. The van der Waals surface area contributed by atoms with Gasteiger partial charge in [-0.2, -0.15) is 18.3 Å². The number of allylic oxidation sites excluding steroid dienone is 5. The molecule has 0 unspecified atom stereocenters. The van der Waals surface area contributed by atoms with Crippen molar-refractivity contribution in [2.45, 2.75) is 19.5 Å². The van der Waals surface area contributed by atoms with Crippen LogP contribution in [0.25, 0.3) is 0 Å². The Morgan fingerprint density at radius 2 is 2.05 bits per heavy atom. The van der Waals surface area contributed by atoms with Gasteiger partial charge in [0.15, 0.2) is 0 Å². The lowest BCUT2D eigenvalue weighted by atomic mass is 10.3. The van der Waals surface area contributed by atoms with E-state index in [9.17, 15) is 13.2 Å². The molecule has 4 nitrogen and oxygen atoms in total. The number of nitrogens with one attached hydrogen (secondary N) is 1. The van der Waals surface area contributed by atoms with E-state index in [0.717, 1.165) is 12.4 Å². The largest absolute Gasteiger partial charge is 0.508 e. The standard InChI is InChI=1S/C13H16F3N3O/c1-3-9-18-19-12(13(14,15)16)17-10-7-5-6-8-11(20)4-2/h3-4,6-10,20H,1,5H2,2H3,(H,17,19)/b8-6-,10-7+,11-4+,18-9+. The van der Waals surface area contributed by atoms with Gasteiger partial charge in [-0.05, 0) is 31.6 Å². The SMILES string of the molecule is C=C/C=N/NC(=N/C=C/C/C=C\C(O)=C/C)C(F)(F)F. The number of amidine groups is 1. The first-order valence-corrected chi connectivity index (χ1v) is 5.63. The zero-order valence-electron chi connectivity index (χ0n) is 10.9. The van der Waals surface area contributed by atoms with Crippen molar-refractivity contribution in [1.29, 1.82) is 0 Å². The van der Waals surface area contributed by atoms with Gasteiger partial charge in [-0.15, -0.1) is 0 Å². The summed E-state index contributed by atoms with van der Waals surface area (Å²) in [6.45, 7) is 4.94. The van der Waals surface area contributed by atoms with Crippen LogP contribution >= 0.6 is 0 Å². The average molecular weight is 287 g/mol. The van der Waals surface area contributed by atoms with Gasteiger partial charge in [-0.1, -0.05) is 18.7 Å². The lowest BCUT2D eigenvalue weighted by Crippen LogP contribution is -2.33. The van der Waals surface area contributed by atoms with Crippen LogP contribution in [0.2, 0.25) is 0 Å². The number of aliphatic imine (C=N–C) groups is 1. The molecule has 0 fully saturated rings. The Hall–Kier alpha value is -2.31. The summed E-state index contributed by atoms with van der Waals surface area (Å²) in [7, 11) is 0. The van der Waals surface area contributed by atoms with Crippen LogP contribution in [0, 0.1) is 0 Å². The minimum absolute atomic E-state index is 0.0818. The Balaban J connectivity index is 4.57. The molecule has 0 radical (unpaired) electrons. The molecule has 0 saturated carbocycles. The second-order valence-corrected chi connectivity index (χ2v) is 3.34. The van der Waals surface area contributed by atoms with Crippen molar-refractivity contribution in [3.05, 3.63) is 48.9 Å². The fourth-order valence-corrected chi connectivity index (χ4v) is 0.868. The maximum Gasteiger partial charge on any atom is 0.450 e. The van der Waals surface area contributed by atoms with Crippen molar-refractivity contribution in [3.8, 4) is 0 Å². The van der Waals surface area contributed by atoms with E-state index < -0.39 is 12.0 Å². The molecule has 7 heteroatoms. The van der Waals surface area contributed by atoms with E-state index >= 15 is 0 Å². The summed E-state index contributed by atoms with van der Waals surface area (Å²) >= 11 is 0. The fourth-order valence-electron chi connectivity index (χ4n) is 0.868. The molecule has 0 bridgehead atoms. The zero-order valence-corrected chi connectivity index (χ0v) is 10.9. The first kappa shape index (κ1) is 17.7. The smallest absolute Gasteiger partial charge is 0.450 e. The first-order valence-electron chi connectivity index (χ1n) is 5.63. The predicted molar refractivity (Wildman–Crippen MR) is 74.6 cm³/mol. The molecule has 0 amide bonds. The third kappa shape index (κ3) is 8.73. The minimum atomic E-state index is -4.62. The van der Waals surface area contributed by atoms with E-state index in [0.29, 0.717) is 6.42 Å². The summed E-state index contributed by atoms with van der Waals surface area (Å²) in [5, 5.41) is 12.3. The highest BCUT2D eigenvalue weighted by Gasteiger charge is 2.35. The maximum atomic E-state index is 12.5. The van der Waals surface area contributed by atoms with Crippen LogP contribution in [0.5, 0.6) is 0 Å². The summed E-state index contributed by atoms with van der Waals surface area (Å²) in [6.07, 6.45) is 4.94. The molecule has 110 valence electrons. The molecule has 0 heterocycles. The summed E-state index contributed by atoms with van der Waals surface area (Å²) in [5.41, 5.74) is 1.78. The second-order valence-electron chi connectivity index (χ2n) is 3.34. The van der Waals surface area contributed by atoms with Crippen LogP contribution < -0.4 is 5.43 Å². The van der Waals surface area contributed by atoms with Gasteiger partial charge in [-0.25, -0.2) is 4.99 Å². The van der Waals surface area contributed by atoms with Gasteiger partial charge in [0.2, 0.25) is 5.84 Å². The van der Waals surface area contributed by atoms with Crippen LogP contribution in [-0.2, 0) is 0 Å². The summed E-state index contributed by atoms with van der Waals surface area (Å²) in [5.74, 6) is -1.15. The predicted octanol–water partition coefficient (Wildman–Crippen LogP) is 3.63. The molecule has 0 spiro atoms. The quantitative estimate of drug-likeness (QED) is 0.258. The van der Waals surface area contributed by atoms with Gasteiger partial charge >= 0.3 is 6.18 Å². The van der Waals surface area contributed by atoms with E-state index in [4.69, 9.17) is 5.11 Å². The van der Waals surface area contributed by atoms with Crippen molar-refractivity contribution < 1.29 is 18.3 Å². The minimum Gasteiger partial charge on any atom is -0.508 e. The topological polar surface area (TPSA) is 57.0 Å². The Morgan fingerprint density at radius 3 is 2.60 bits per heavy atom. The number of rotatable bonds is 6. The highest BCUT2D eigenvalue weighted by atomic mass is 19.4. The van der Waals surface area contributed by atoms with Crippen molar-refractivity contribution in [3.63, 3.8) is 0 Å². The Morgan fingerprint density at radius 1 is 1.35 bits per heavy atom. The van der Waals surface area contributed by atoms with Gasteiger partial charge < -0.3 is 5.11 Å². The number of halogens is 3. The number of hydrogen-bond acceptors (Lipinski definition) is 3. The molecule has 0 aromatic carbocycles. The molecule has 0 aromatic heterocycles. The number of hydrogen-bond donors (Lipinski definition) is 2. The molecule has 0 atom stereocenters. The third-order valence-electron chi connectivity index (χ3n) is 1.78. The summed E-state index contributed by atoms with van der Waals surface area (Å²) in [4.78, 5) is 3.24. The number of nitrogens with zero attached hydrogens (tertiary/aromatic N) is 2. The summed E-state index contributed by atoms with van der Waals surface area (Å²) in [6, 6.07) is 0. The third-order valence-corrected chi connectivity index (χ3v) is 1.78. The molecule has 0 rings (SSSR count). The Labute approximate surface area is 115 Å². The maximum absolute atomic E-state index is 12.5. The van der Waals surface area contributed by atoms with Gasteiger partial charge in [0.05, 0.1) is 0 Å². The van der Waals surface area contributed by atoms with E-state index in [1.54, 1.807) is 18.4 Å². The molecule has 0 aliphatic rings. The van der Waals surface area contributed by atoms with E-state index in [1.165, 1.54) is 24.3 Å². The number of aliphatic hydroxyl groups excluding tert-OH is 1. The molecule has 0 aliphatic carbocycles. The van der Waals surface area contributed by atoms with Gasteiger partial charge in [0.25, 0.3) is 0 Å². The van der Waals surface area contributed by atoms with Crippen LogP contribution in [-0.4, -0.2) is 23.3 Å². The van der Waals surface area contributed by atoms with Crippen molar-refractivity contribution >= 4 is 12.1 Å².